The predicted molar refractivity (Wildman–Crippen MR) is 95.2 cm³/mol. The van der Waals surface area contributed by atoms with Gasteiger partial charge in [0.05, 0.1) is 6.10 Å². The molecule has 2 saturated carbocycles. The minimum Gasteiger partial charge on any atom is -0.393 e. The van der Waals surface area contributed by atoms with Gasteiger partial charge in [0.25, 0.3) is 0 Å². The molecule has 1 nitrogen and oxygen atoms in total. The maximum atomic E-state index is 9.64. The van der Waals surface area contributed by atoms with Gasteiger partial charge < -0.3 is 5.11 Å². The number of unbranched alkanes of at least 4 members (excludes halogenated alkanes) is 2. The van der Waals surface area contributed by atoms with Crippen molar-refractivity contribution in [3.63, 3.8) is 0 Å². The van der Waals surface area contributed by atoms with Crippen LogP contribution in [-0.2, 0) is 17.1 Å². The summed E-state index contributed by atoms with van der Waals surface area (Å²) in [5, 5.41) is 9.64. The van der Waals surface area contributed by atoms with Crippen LogP contribution in [0, 0.1) is 61.2 Å². The Bertz CT molecular complexity index is 243. The summed E-state index contributed by atoms with van der Waals surface area (Å²) in [4.78, 5) is 0. The maximum Gasteiger partial charge on any atom is 2.00 e. The van der Waals surface area contributed by atoms with Crippen molar-refractivity contribution in [1.82, 2.24) is 0 Å². The van der Waals surface area contributed by atoms with E-state index in [4.69, 9.17) is 0 Å². The first-order valence-electron chi connectivity index (χ1n) is 8.49. The topological polar surface area (TPSA) is 20.2 Å². The molecule has 128 valence electrons. The van der Waals surface area contributed by atoms with Crippen molar-refractivity contribution in [2.45, 2.75) is 73.3 Å². The summed E-state index contributed by atoms with van der Waals surface area (Å²) >= 11 is 0. The van der Waals surface area contributed by atoms with E-state index >= 15 is 0 Å². The Labute approximate surface area is 156 Å². The molecule has 0 aliphatic heterocycles. The summed E-state index contributed by atoms with van der Waals surface area (Å²) in [6.07, 6.45) is 12.1. The summed E-state index contributed by atoms with van der Waals surface area (Å²) in [5.74, 6) is 8.40. The quantitative estimate of drug-likeness (QED) is 0.523. The second-order valence-electron chi connectivity index (χ2n) is 6.35. The van der Waals surface area contributed by atoms with Gasteiger partial charge in [-0.3, -0.25) is 0 Å². The van der Waals surface area contributed by atoms with E-state index in [0.29, 0.717) is 0 Å². The molecule has 1 N–H and O–H groups in total. The van der Waals surface area contributed by atoms with Gasteiger partial charge in [-0.15, -0.1) is 0 Å². The second-order valence-corrected chi connectivity index (χ2v) is 6.35. The Hall–Kier alpha value is 0.479. The molecule has 10 radical (unpaired) electrons. The number of aliphatic hydroxyl groups excluding tert-OH is 1. The molecule has 0 heterocycles. The Morgan fingerprint density at radius 2 is 1.17 bits per heavy atom. The zero-order valence-electron chi connectivity index (χ0n) is 15.5. The molecule has 2 heteroatoms. The van der Waals surface area contributed by atoms with Crippen LogP contribution in [0.2, 0.25) is 0 Å². The minimum absolute atomic E-state index is 0. The summed E-state index contributed by atoms with van der Waals surface area (Å²) in [6.45, 7) is 13.2. The van der Waals surface area contributed by atoms with Crippen LogP contribution in [0.5, 0.6) is 0 Å². The number of rotatable bonds is 5. The van der Waals surface area contributed by atoms with Crippen LogP contribution in [0.1, 0.15) is 67.2 Å². The molecule has 0 amide bonds. The number of hydrogen-bond donors (Lipinski definition) is 1. The summed E-state index contributed by atoms with van der Waals surface area (Å²) in [7, 11) is 0. The van der Waals surface area contributed by atoms with Crippen molar-refractivity contribution in [3.8, 4) is 0 Å². The van der Waals surface area contributed by atoms with Crippen molar-refractivity contribution in [2.24, 2.45) is 0 Å². The van der Waals surface area contributed by atoms with Crippen LogP contribution < -0.4 is 0 Å². The largest absolute Gasteiger partial charge is 2.00 e. The van der Waals surface area contributed by atoms with Crippen LogP contribution in [-0.4, -0.2) is 11.2 Å². The zero-order chi connectivity index (χ0) is 16.7. The van der Waals surface area contributed by atoms with Gasteiger partial charge in [-0.2, -0.15) is 0 Å². The van der Waals surface area contributed by atoms with Crippen LogP contribution in [0.15, 0.2) is 0 Å². The van der Waals surface area contributed by atoms with Gasteiger partial charge in [0.2, 0.25) is 0 Å². The third-order valence-electron chi connectivity index (χ3n) is 4.97. The normalized spacial score (nSPS) is 23.6. The standard InChI is InChI=1S/C11H17O.C10H15.Fe/c1-2-3-4-9-11(12)10-7-5-6-8-10;1-6-7(2)9(4)10(5)8(6)3;/h5-8,11-12H,2-4,9H2,1H3;1-5H3;/q;;+2/t11-;;/m0../s1. The van der Waals surface area contributed by atoms with Crippen LogP contribution in [0.4, 0.5) is 0 Å². The maximum absolute atomic E-state index is 9.64. The van der Waals surface area contributed by atoms with Gasteiger partial charge in [-0.25, -0.2) is 0 Å². The molecular formula is C21H32FeO+2. The van der Waals surface area contributed by atoms with Gasteiger partial charge in [0.15, 0.2) is 0 Å². The average molecular weight is 356 g/mol. The van der Waals surface area contributed by atoms with Crippen molar-refractivity contribution < 1.29 is 22.2 Å². The van der Waals surface area contributed by atoms with E-state index in [2.05, 4.69) is 41.5 Å². The van der Waals surface area contributed by atoms with Crippen LogP contribution in [0.25, 0.3) is 0 Å². The third kappa shape index (κ3) is 7.08. The first-order chi connectivity index (χ1) is 10.4. The molecule has 0 aromatic heterocycles. The summed E-state index contributed by atoms with van der Waals surface area (Å²) < 4.78 is 0. The number of aliphatic hydroxyl groups is 1. The molecule has 0 unspecified atom stereocenters. The van der Waals surface area contributed by atoms with E-state index in [9.17, 15) is 5.11 Å². The monoisotopic (exact) mass is 356 g/mol. The molecule has 2 aliphatic rings. The molecule has 0 aromatic carbocycles. The molecule has 2 aliphatic carbocycles. The Morgan fingerprint density at radius 1 is 0.783 bits per heavy atom. The molecule has 0 saturated heterocycles. The Morgan fingerprint density at radius 3 is 1.52 bits per heavy atom. The Balaban J connectivity index is 0.000000409. The minimum atomic E-state index is -0.244. The third-order valence-corrected chi connectivity index (χ3v) is 4.97. The molecular weight excluding hydrogens is 324 g/mol. The van der Waals surface area contributed by atoms with E-state index in [1.165, 1.54) is 42.4 Å². The van der Waals surface area contributed by atoms with Gasteiger partial charge in [0.1, 0.15) is 0 Å². The molecule has 0 bridgehead atoms. The van der Waals surface area contributed by atoms with E-state index in [0.717, 1.165) is 18.8 Å². The smallest absolute Gasteiger partial charge is 0.393 e. The Kier molecular flexibility index (Phi) is 12.2. The predicted octanol–water partition coefficient (Wildman–Crippen LogP) is 5.30. The van der Waals surface area contributed by atoms with Crippen molar-refractivity contribution in [1.29, 1.82) is 0 Å². The van der Waals surface area contributed by atoms with Gasteiger partial charge in [0, 0.05) is 5.92 Å². The van der Waals surface area contributed by atoms with Crippen molar-refractivity contribution in [2.75, 3.05) is 0 Å². The SMILES string of the molecule is CCCCC[C@H](O)[C]1[CH][CH][CH][CH]1.C[C]1[C](C)[C](C)[C](C)[C]1C.[Fe+2]. The fourth-order valence-corrected chi connectivity index (χ4v) is 2.77. The first kappa shape index (κ1) is 23.5. The van der Waals surface area contributed by atoms with Gasteiger partial charge >= 0.3 is 17.1 Å². The number of hydrogen-bond acceptors (Lipinski definition) is 1. The van der Waals surface area contributed by atoms with Gasteiger partial charge in [-0.05, 0) is 61.7 Å². The molecule has 1 atom stereocenters. The van der Waals surface area contributed by atoms with Crippen molar-refractivity contribution >= 4 is 0 Å². The van der Waals surface area contributed by atoms with Gasteiger partial charge in [-0.1, -0.05) is 60.8 Å². The zero-order valence-corrected chi connectivity index (χ0v) is 16.6. The van der Waals surface area contributed by atoms with E-state index < -0.39 is 0 Å². The first-order valence-corrected chi connectivity index (χ1v) is 8.49. The molecule has 23 heavy (non-hydrogen) atoms. The average Bonchev–Trinajstić information content (AvgIpc) is 3.11. The fourth-order valence-electron chi connectivity index (χ4n) is 2.77. The fraction of sp³-hybridized carbons (Fsp3) is 0.524. The van der Waals surface area contributed by atoms with Crippen LogP contribution >= 0.6 is 0 Å². The van der Waals surface area contributed by atoms with E-state index in [1.807, 2.05) is 25.7 Å². The molecule has 2 rings (SSSR count). The molecule has 0 spiro atoms. The van der Waals surface area contributed by atoms with Crippen molar-refractivity contribution in [3.05, 3.63) is 61.2 Å². The summed E-state index contributed by atoms with van der Waals surface area (Å²) in [6, 6.07) is 0. The second kappa shape index (κ2) is 11.9. The molecule has 2 fully saturated rings. The summed E-state index contributed by atoms with van der Waals surface area (Å²) in [5.41, 5.74) is 0. The molecule has 0 aromatic rings. The van der Waals surface area contributed by atoms with Crippen LogP contribution in [0.3, 0.4) is 0 Å². The van der Waals surface area contributed by atoms with E-state index in [1.54, 1.807) is 0 Å². The van der Waals surface area contributed by atoms with E-state index in [-0.39, 0.29) is 23.2 Å².